The second-order valence-corrected chi connectivity index (χ2v) is 24.0. The molecule has 9 amide bonds. The molecule has 0 unspecified atom stereocenters. The Labute approximate surface area is 513 Å². The van der Waals surface area contributed by atoms with Gasteiger partial charge >= 0.3 is 11.9 Å². The number of aliphatic hydroxyl groups is 1. The first-order valence-corrected chi connectivity index (χ1v) is 31.2. The molecule has 0 bridgehead atoms. The highest BCUT2D eigenvalue weighted by atomic mass is 32.2. The summed E-state index contributed by atoms with van der Waals surface area (Å²) in [7, 11) is 0. The van der Waals surface area contributed by atoms with Gasteiger partial charge in [-0.25, -0.2) is 9.78 Å². The van der Waals surface area contributed by atoms with Gasteiger partial charge in [0.15, 0.2) is 0 Å². The van der Waals surface area contributed by atoms with Crippen molar-refractivity contribution in [2.45, 2.75) is 177 Å². The van der Waals surface area contributed by atoms with E-state index in [0.717, 1.165) is 0 Å². The fraction of sp³-hybridized carbons (Fsp3) is 0.614. The van der Waals surface area contributed by atoms with Crippen molar-refractivity contribution in [3.05, 3.63) is 54.2 Å². The first kappa shape index (κ1) is 69.4. The number of carboxylic acids is 2. The molecule has 11 atom stereocenters. The molecule has 1 aromatic carbocycles. The molecule has 2 aromatic heterocycles. The van der Waals surface area contributed by atoms with Gasteiger partial charge in [-0.1, -0.05) is 32.0 Å². The highest BCUT2D eigenvalue weighted by Gasteiger charge is 2.45. The zero-order valence-electron chi connectivity index (χ0n) is 50.0. The first-order valence-electron chi connectivity index (χ1n) is 29.8. The number of rotatable bonds is 33. The average Bonchev–Trinajstić information content (AvgIpc) is 3.92. The molecule has 0 saturated carbocycles. The summed E-state index contributed by atoms with van der Waals surface area (Å²) in [6, 6.07) is -6.05. The third-order valence-electron chi connectivity index (χ3n) is 15.9. The van der Waals surface area contributed by atoms with E-state index >= 15 is 0 Å². The van der Waals surface area contributed by atoms with E-state index in [4.69, 9.17) is 17.2 Å². The van der Waals surface area contributed by atoms with Gasteiger partial charge in [-0.2, -0.15) is 11.8 Å². The number of hydrogen-bond acceptors (Lipinski definition) is 18. The van der Waals surface area contributed by atoms with E-state index < -0.39 is 138 Å². The Morgan fingerprint density at radius 3 is 1.90 bits per heavy atom. The summed E-state index contributed by atoms with van der Waals surface area (Å²) in [5, 5.41) is 49.8. The van der Waals surface area contributed by atoms with Gasteiger partial charge in [-0.05, 0) is 107 Å². The Hall–Kier alpha value is -7.71. The van der Waals surface area contributed by atoms with Gasteiger partial charge in [0.05, 0.1) is 24.9 Å². The van der Waals surface area contributed by atoms with Crippen molar-refractivity contribution in [1.29, 1.82) is 0 Å². The summed E-state index contributed by atoms with van der Waals surface area (Å²) in [5.74, 6) is -9.45. The number of carbonyl (C=O) groups excluding carboxylic acids is 9. The van der Waals surface area contributed by atoms with Crippen LogP contribution in [0.15, 0.2) is 43.0 Å². The Balaban J connectivity index is 1.15. The van der Waals surface area contributed by atoms with Crippen molar-refractivity contribution in [3.63, 3.8) is 0 Å². The number of aromatic amines is 2. The number of aliphatic hydroxyl groups excluding tert-OH is 1. The van der Waals surface area contributed by atoms with E-state index in [0.29, 0.717) is 66.6 Å². The molecular weight excluding hydrogens is 1160 g/mol. The quantitative estimate of drug-likeness (QED) is 0.0216. The number of likely N-dealkylation sites (tertiary alicyclic amines) is 3. The number of carbonyl (C=O) groups is 11. The maximum atomic E-state index is 14.7. The number of nitrogens with one attached hydrogen (secondary N) is 9. The van der Waals surface area contributed by atoms with Crippen LogP contribution in [0.25, 0.3) is 10.9 Å². The van der Waals surface area contributed by atoms with Crippen molar-refractivity contribution in [2.24, 2.45) is 23.1 Å². The first-order chi connectivity index (χ1) is 41.9. The van der Waals surface area contributed by atoms with Crippen LogP contribution in [-0.4, -0.2) is 221 Å². The number of para-hydroxylation sites is 1. The van der Waals surface area contributed by atoms with E-state index in [1.807, 2.05) is 6.26 Å². The number of carboxylic acid groups (broad SMARTS) is 2. The van der Waals surface area contributed by atoms with Crippen LogP contribution in [0.3, 0.4) is 0 Å². The van der Waals surface area contributed by atoms with Crippen molar-refractivity contribution in [2.75, 3.05) is 38.2 Å². The normalized spacial score (nSPS) is 19.5. The van der Waals surface area contributed by atoms with E-state index in [9.17, 15) is 68.1 Å². The molecule has 30 nitrogen and oxygen atoms in total. The molecule has 5 heterocycles. The van der Waals surface area contributed by atoms with Crippen LogP contribution >= 0.6 is 11.8 Å². The molecule has 3 aromatic rings. The average molecular weight is 1250 g/mol. The maximum absolute atomic E-state index is 14.7. The molecule has 484 valence electrons. The number of aliphatic carboxylic acids is 2. The number of hydrogen-bond donors (Lipinski definition) is 15. The summed E-state index contributed by atoms with van der Waals surface area (Å²) >= 11 is 1.55. The minimum Gasteiger partial charge on any atom is -0.481 e. The second-order valence-electron chi connectivity index (χ2n) is 23.0. The lowest BCUT2D eigenvalue weighted by atomic mass is 10.0. The fourth-order valence-corrected chi connectivity index (χ4v) is 11.8. The molecule has 3 aliphatic heterocycles. The molecule has 6 rings (SSSR count). The van der Waals surface area contributed by atoms with E-state index in [1.165, 1.54) is 34.1 Å². The van der Waals surface area contributed by atoms with Crippen LogP contribution in [0, 0.1) is 5.92 Å². The van der Waals surface area contributed by atoms with E-state index in [1.54, 1.807) is 56.1 Å². The zero-order chi connectivity index (χ0) is 64.4. The van der Waals surface area contributed by atoms with Gasteiger partial charge in [-0.3, -0.25) is 53.3 Å². The largest absolute Gasteiger partial charge is 0.481 e. The number of benzene rings is 1. The maximum Gasteiger partial charge on any atom is 0.326 e. The summed E-state index contributed by atoms with van der Waals surface area (Å²) in [6.07, 6.45) is 4.91. The minimum absolute atomic E-state index is 0.0543. The summed E-state index contributed by atoms with van der Waals surface area (Å²) in [5.41, 5.74) is 19.1. The highest BCUT2D eigenvalue weighted by molar-refractivity contribution is 7.98. The van der Waals surface area contributed by atoms with Gasteiger partial charge in [0.2, 0.25) is 53.2 Å². The summed E-state index contributed by atoms with van der Waals surface area (Å²) in [4.78, 5) is 166. The number of imidazole rings is 1. The lowest BCUT2D eigenvalue weighted by molar-refractivity contribution is -0.147. The molecule has 3 aliphatic rings. The van der Waals surface area contributed by atoms with E-state index in [2.05, 4.69) is 52.2 Å². The zero-order valence-corrected chi connectivity index (χ0v) is 50.9. The van der Waals surface area contributed by atoms with Crippen molar-refractivity contribution < 1.29 is 68.1 Å². The van der Waals surface area contributed by atoms with Gasteiger partial charge in [0, 0.05) is 61.5 Å². The van der Waals surface area contributed by atoms with Crippen LogP contribution in [0.4, 0.5) is 0 Å². The monoisotopic (exact) mass is 1250 g/mol. The van der Waals surface area contributed by atoms with Gasteiger partial charge in [-0.15, -0.1) is 0 Å². The van der Waals surface area contributed by atoms with Gasteiger partial charge in [0.25, 0.3) is 0 Å². The van der Waals surface area contributed by atoms with Crippen LogP contribution in [0.1, 0.15) is 103 Å². The smallest absolute Gasteiger partial charge is 0.326 e. The second kappa shape index (κ2) is 33.0. The van der Waals surface area contributed by atoms with Crippen LogP contribution in [-0.2, 0) is 65.6 Å². The molecule has 3 saturated heterocycles. The molecule has 31 heteroatoms. The SMILES string of the molecule is CSCC[C@H](N)C(=O)N1CCC[C@H]1C(=O)N1CCC[C@H]1C(=O)N[C@H](C(=O)N[C@@H](CC(C)C)C(=O)N1CCC[C@H]1C(=O)N[C@@H](Cc1cnc[nH]1)C(=O)N[C@@H](CCCNC(N)N)C(=O)N[C@@H](CC(=O)O)C(=O)N[C@@H](Cc1c[nH]c2ccccc12)C(=O)O)[C@@H](C)O. The number of amides is 9. The van der Waals surface area contributed by atoms with Gasteiger partial charge < -0.3 is 89.1 Å². The van der Waals surface area contributed by atoms with Crippen molar-refractivity contribution >= 4 is 87.8 Å². The van der Waals surface area contributed by atoms with Crippen LogP contribution in [0.2, 0.25) is 0 Å². The third kappa shape index (κ3) is 19.1. The highest BCUT2D eigenvalue weighted by Crippen LogP contribution is 2.27. The number of fused-ring (bicyclic) bond motifs is 1. The lowest BCUT2D eigenvalue weighted by Crippen LogP contribution is -2.61. The number of H-pyrrole nitrogens is 2. The fourth-order valence-electron chi connectivity index (χ4n) is 11.3. The lowest BCUT2D eigenvalue weighted by Gasteiger charge is -2.33. The molecule has 0 radical (unpaired) electrons. The number of thioether (sulfide) groups is 1. The molecule has 0 spiro atoms. The van der Waals surface area contributed by atoms with Gasteiger partial charge in [0.1, 0.15) is 60.7 Å². The van der Waals surface area contributed by atoms with E-state index in [-0.39, 0.29) is 76.4 Å². The Kier molecular flexibility index (Phi) is 26.0. The standard InChI is InChI=1S/C57H86N16O14S/c1-30(2)23-40(68-52(82)46(31(3)74)70-51(81)43-15-9-20-72(43)55(85)44-16-10-21-73(44)53(83)35(58)17-22-88-4)54(84)71-19-8-14-42(71)50(80)67-38(25-33-28-61-29-64-33)48(78)65-37(13-7-18-62-57(59)60)47(77)66-39(26-45(75)76)49(79)69-41(56(86)87)24-32-27-63-36-12-6-5-11-34(32)36/h5-6,11-12,27-31,35,37-44,46,57,62-63,74H,7-10,13-26,58-60H2,1-4H3,(H,61,64)(H,65,78)(H,66,77)(H,67,80)(H,68,82)(H,69,79)(H,70,81)(H,75,76)(H,86,87)/t31-,35+,37+,38+,39+,40+,41+,42+,43+,44+,46+/m1/s1. The molecule has 0 aliphatic carbocycles. The Morgan fingerprint density at radius 1 is 0.682 bits per heavy atom. The molecule has 88 heavy (non-hydrogen) atoms. The predicted molar refractivity (Wildman–Crippen MR) is 321 cm³/mol. The molecular formula is C57H86N16O14S. The predicted octanol–water partition coefficient (Wildman–Crippen LogP) is -2.80. The summed E-state index contributed by atoms with van der Waals surface area (Å²) in [6.45, 7) is 5.63. The molecule has 18 N–H and O–H groups in total. The van der Waals surface area contributed by atoms with Crippen LogP contribution < -0.4 is 54.4 Å². The number of aromatic nitrogens is 3. The number of nitrogens with zero attached hydrogens (tertiary/aromatic N) is 4. The Morgan fingerprint density at radius 2 is 1.27 bits per heavy atom. The number of nitrogens with two attached hydrogens (primary N) is 3. The van der Waals surface area contributed by atoms with Crippen molar-refractivity contribution in [1.82, 2.24) is 66.9 Å². The minimum atomic E-state index is -1.84. The molecule has 3 fully saturated rings. The Bertz CT molecular complexity index is 2930. The topological polar surface area (TPSA) is 465 Å². The van der Waals surface area contributed by atoms with Crippen LogP contribution in [0.5, 0.6) is 0 Å². The van der Waals surface area contributed by atoms with Crippen molar-refractivity contribution in [3.8, 4) is 0 Å². The summed E-state index contributed by atoms with van der Waals surface area (Å²) < 4.78 is 0. The third-order valence-corrected chi connectivity index (χ3v) is 16.5.